The minimum Gasteiger partial charge on any atom is -0.504 e. The van der Waals surface area contributed by atoms with Crippen LogP contribution in [0.5, 0.6) is 11.5 Å². The highest BCUT2D eigenvalue weighted by Crippen LogP contribution is 2.66. The van der Waals surface area contributed by atoms with Gasteiger partial charge in [-0.3, -0.25) is 4.79 Å². The Bertz CT molecular complexity index is 883. The van der Waals surface area contributed by atoms with E-state index in [2.05, 4.69) is 14.0 Å². The summed E-state index contributed by atoms with van der Waals surface area (Å²) in [5, 5.41) is 22.6. The SMILES string of the molecule is CC1CC1C[N+]1(C)CC[C@]23c4c5ccc(O)c4O[C@H]2C(=O)CC[C@@]3(O)[C@H]1C5. The Morgan fingerprint density at radius 2 is 2.11 bits per heavy atom. The number of rotatable bonds is 2. The Hall–Kier alpha value is -1.59. The Kier molecular flexibility index (Phi) is 2.84. The summed E-state index contributed by atoms with van der Waals surface area (Å²) in [5.74, 6) is 2.18. The molecule has 144 valence electrons. The first kappa shape index (κ1) is 16.4. The number of quaternary nitrogens is 1. The molecule has 2 heterocycles. The van der Waals surface area contributed by atoms with Gasteiger partial charge in [0, 0.05) is 30.7 Å². The summed E-state index contributed by atoms with van der Waals surface area (Å²) in [6.07, 6.45) is 3.07. The summed E-state index contributed by atoms with van der Waals surface area (Å²) in [6, 6.07) is 3.77. The number of aliphatic hydroxyl groups is 1. The van der Waals surface area contributed by atoms with Crippen LogP contribution in [0.4, 0.5) is 0 Å². The van der Waals surface area contributed by atoms with Crippen molar-refractivity contribution in [3.63, 3.8) is 0 Å². The second-order valence-corrected chi connectivity index (χ2v) is 10.1. The van der Waals surface area contributed by atoms with Crippen molar-refractivity contribution < 1.29 is 24.2 Å². The number of carbonyl (C=O) groups is 1. The quantitative estimate of drug-likeness (QED) is 0.781. The van der Waals surface area contributed by atoms with E-state index in [9.17, 15) is 15.0 Å². The molecule has 1 spiro atoms. The van der Waals surface area contributed by atoms with Crippen LogP contribution in [0.15, 0.2) is 12.1 Å². The van der Waals surface area contributed by atoms with Gasteiger partial charge in [-0.05, 0) is 30.4 Å². The molecule has 5 nitrogen and oxygen atoms in total. The summed E-state index contributed by atoms with van der Waals surface area (Å²) in [5.41, 5.74) is 0.470. The van der Waals surface area contributed by atoms with Crippen molar-refractivity contribution in [3.8, 4) is 11.5 Å². The molecule has 1 aromatic rings. The normalized spacial score (nSPS) is 48.8. The summed E-state index contributed by atoms with van der Waals surface area (Å²) in [4.78, 5) is 12.8. The Morgan fingerprint density at radius 3 is 2.85 bits per heavy atom. The van der Waals surface area contributed by atoms with Gasteiger partial charge in [0.25, 0.3) is 0 Å². The van der Waals surface area contributed by atoms with Crippen LogP contribution in [0.3, 0.4) is 0 Å². The zero-order valence-corrected chi connectivity index (χ0v) is 16.1. The lowest BCUT2D eigenvalue weighted by molar-refractivity contribution is -0.950. The van der Waals surface area contributed by atoms with E-state index in [-0.39, 0.29) is 17.6 Å². The second kappa shape index (κ2) is 4.69. The fraction of sp³-hybridized carbons (Fsp3) is 0.682. The van der Waals surface area contributed by atoms with Crippen LogP contribution >= 0.6 is 0 Å². The van der Waals surface area contributed by atoms with Gasteiger partial charge < -0.3 is 19.4 Å². The molecule has 6 rings (SSSR count). The van der Waals surface area contributed by atoms with E-state index in [0.29, 0.717) is 18.6 Å². The van der Waals surface area contributed by atoms with Crippen LogP contribution in [0.2, 0.25) is 0 Å². The van der Waals surface area contributed by atoms with Crippen LogP contribution in [-0.2, 0) is 16.6 Å². The van der Waals surface area contributed by atoms with E-state index < -0.39 is 17.1 Å². The predicted octanol–water partition coefficient (Wildman–Crippen LogP) is 1.92. The van der Waals surface area contributed by atoms with Gasteiger partial charge in [0.15, 0.2) is 23.4 Å². The van der Waals surface area contributed by atoms with Crippen molar-refractivity contribution in [2.75, 3.05) is 20.1 Å². The van der Waals surface area contributed by atoms with Gasteiger partial charge in [0.1, 0.15) is 11.6 Å². The number of piperidine rings is 1. The highest BCUT2D eigenvalue weighted by atomic mass is 16.5. The van der Waals surface area contributed by atoms with Gasteiger partial charge in [-0.25, -0.2) is 0 Å². The molecule has 3 unspecified atom stereocenters. The number of carbonyl (C=O) groups excluding carboxylic acids is 1. The molecular formula is C22H28NO4+. The number of hydrogen-bond donors (Lipinski definition) is 2. The van der Waals surface area contributed by atoms with E-state index in [0.717, 1.165) is 53.4 Å². The zero-order chi connectivity index (χ0) is 18.8. The number of hydrogen-bond acceptors (Lipinski definition) is 4. The van der Waals surface area contributed by atoms with E-state index in [1.165, 1.54) is 6.42 Å². The molecule has 2 bridgehead atoms. The molecular weight excluding hydrogens is 342 g/mol. The fourth-order valence-electron chi connectivity index (χ4n) is 7.24. The van der Waals surface area contributed by atoms with E-state index >= 15 is 0 Å². The lowest BCUT2D eigenvalue weighted by Crippen LogP contribution is -2.80. The van der Waals surface area contributed by atoms with Gasteiger partial charge in [0.2, 0.25) is 0 Å². The highest BCUT2D eigenvalue weighted by molar-refractivity contribution is 5.90. The largest absolute Gasteiger partial charge is 0.504 e. The Balaban J connectivity index is 1.56. The molecule has 3 fully saturated rings. The monoisotopic (exact) mass is 370 g/mol. The highest BCUT2D eigenvalue weighted by Gasteiger charge is 2.76. The third-order valence-corrected chi connectivity index (χ3v) is 8.83. The molecule has 5 aliphatic rings. The number of phenolic OH excluding ortho intramolecular Hbond substituents is 1. The third-order valence-electron chi connectivity index (χ3n) is 8.83. The minimum atomic E-state index is -0.942. The average Bonchev–Trinajstić information content (AvgIpc) is 3.16. The van der Waals surface area contributed by atoms with Gasteiger partial charge in [-0.15, -0.1) is 0 Å². The summed E-state index contributed by atoms with van der Waals surface area (Å²) in [7, 11) is 2.31. The van der Waals surface area contributed by atoms with E-state index in [4.69, 9.17) is 4.74 Å². The number of likely N-dealkylation sites (tertiary alicyclic amines) is 1. The molecule has 1 saturated heterocycles. The molecule has 0 radical (unpaired) electrons. The third kappa shape index (κ3) is 1.72. The summed E-state index contributed by atoms with van der Waals surface area (Å²) < 4.78 is 6.99. The molecule has 3 aliphatic carbocycles. The van der Waals surface area contributed by atoms with Crippen LogP contribution in [0, 0.1) is 11.8 Å². The minimum absolute atomic E-state index is 0.0776. The van der Waals surface area contributed by atoms with Gasteiger partial charge >= 0.3 is 0 Å². The number of ether oxygens (including phenoxy) is 1. The van der Waals surface area contributed by atoms with Crippen LogP contribution in [0.25, 0.3) is 0 Å². The van der Waals surface area contributed by atoms with Gasteiger partial charge in [0.05, 0.1) is 25.6 Å². The Morgan fingerprint density at radius 1 is 1.33 bits per heavy atom. The summed E-state index contributed by atoms with van der Waals surface area (Å²) >= 11 is 0. The first-order chi connectivity index (χ1) is 12.8. The number of nitrogens with zero attached hydrogens (tertiary/aromatic N) is 1. The fourth-order valence-corrected chi connectivity index (χ4v) is 7.24. The number of benzene rings is 1. The molecule has 2 aliphatic heterocycles. The maximum atomic E-state index is 12.8. The van der Waals surface area contributed by atoms with Crippen LogP contribution < -0.4 is 4.74 Å². The molecule has 0 amide bonds. The average molecular weight is 370 g/mol. The van der Waals surface area contributed by atoms with Crippen molar-refractivity contribution in [3.05, 3.63) is 23.3 Å². The van der Waals surface area contributed by atoms with Crippen molar-refractivity contribution in [1.29, 1.82) is 0 Å². The molecule has 2 N–H and O–H groups in total. The lowest BCUT2D eigenvalue weighted by Gasteiger charge is -2.64. The predicted molar refractivity (Wildman–Crippen MR) is 98.7 cm³/mol. The first-order valence-electron chi connectivity index (χ1n) is 10.4. The van der Waals surface area contributed by atoms with Crippen molar-refractivity contribution in [2.24, 2.45) is 11.8 Å². The van der Waals surface area contributed by atoms with Crippen molar-refractivity contribution >= 4 is 5.78 Å². The smallest absolute Gasteiger partial charge is 0.174 e. The molecule has 1 aromatic carbocycles. The maximum absolute atomic E-state index is 12.8. The van der Waals surface area contributed by atoms with E-state index in [1.54, 1.807) is 6.07 Å². The van der Waals surface area contributed by atoms with Gasteiger partial charge in [-0.2, -0.15) is 0 Å². The number of Topliss-reactive ketones (excluding diaryl/α,β-unsaturated/α-hetero) is 1. The molecule has 5 heteroatoms. The molecule has 2 saturated carbocycles. The van der Waals surface area contributed by atoms with Crippen molar-refractivity contribution in [2.45, 2.75) is 62.2 Å². The van der Waals surface area contributed by atoms with E-state index in [1.807, 2.05) is 6.07 Å². The number of likely N-dealkylation sites (N-methyl/N-ethyl adjacent to an activating group) is 1. The summed E-state index contributed by atoms with van der Waals surface area (Å²) in [6.45, 7) is 4.39. The zero-order valence-electron chi connectivity index (χ0n) is 16.1. The lowest BCUT2D eigenvalue weighted by atomic mass is 9.48. The molecule has 0 aromatic heterocycles. The Labute approximate surface area is 159 Å². The molecule has 27 heavy (non-hydrogen) atoms. The standard InChI is InChI=1S/C22H27NO4/c1-12-9-14(12)11-23(2)8-7-21-18-13-3-4-15(24)19(18)27-20(21)16(25)5-6-22(21,26)17(23)10-13/h3-4,12,14,17,20,26H,5-11H2,1-2H3/p+1/t12?,14?,17-,20+,21+,22-,23?/m1/s1. The van der Waals surface area contributed by atoms with Crippen LogP contribution in [-0.4, -0.2) is 58.4 Å². The van der Waals surface area contributed by atoms with Crippen molar-refractivity contribution in [1.82, 2.24) is 0 Å². The first-order valence-corrected chi connectivity index (χ1v) is 10.4. The number of phenols is 1. The maximum Gasteiger partial charge on any atom is 0.174 e. The second-order valence-electron chi connectivity index (χ2n) is 10.1. The topological polar surface area (TPSA) is 66.8 Å². The number of ketones is 1. The van der Waals surface area contributed by atoms with Crippen LogP contribution in [0.1, 0.15) is 43.7 Å². The number of aromatic hydroxyl groups is 1. The molecule has 7 atom stereocenters. The van der Waals surface area contributed by atoms with Gasteiger partial charge in [-0.1, -0.05) is 13.0 Å².